The van der Waals surface area contributed by atoms with Gasteiger partial charge in [0, 0.05) is 26.1 Å². The highest BCUT2D eigenvalue weighted by atomic mass is 16.5. The summed E-state index contributed by atoms with van der Waals surface area (Å²) in [6.07, 6.45) is 1.52. The lowest BCUT2D eigenvalue weighted by Crippen LogP contribution is -2.55. The first-order valence-corrected chi connectivity index (χ1v) is 6.16. The van der Waals surface area contributed by atoms with Gasteiger partial charge in [0.25, 0.3) is 0 Å². The maximum atomic E-state index is 11.9. The van der Waals surface area contributed by atoms with Crippen molar-refractivity contribution in [1.82, 2.24) is 4.90 Å². The maximum Gasteiger partial charge on any atom is 0.222 e. The van der Waals surface area contributed by atoms with E-state index in [-0.39, 0.29) is 25.2 Å². The van der Waals surface area contributed by atoms with Crippen LogP contribution >= 0.6 is 0 Å². The molecule has 0 radical (unpaired) electrons. The molecule has 5 nitrogen and oxygen atoms in total. The van der Waals surface area contributed by atoms with Crippen LogP contribution in [0.5, 0.6) is 0 Å². The van der Waals surface area contributed by atoms with E-state index in [2.05, 4.69) is 0 Å². The third kappa shape index (κ3) is 4.61. The first kappa shape index (κ1) is 14.4. The fourth-order valence-electron chi connectivity index (χ4n) is 2.13. The number of unbranched alkanes of at least 4 members (excludes halogenated alkanes) is 1. The van der Waals surface area contributed by atoms with E-state index in [1.54, 1.807) is 4.90 Å². The molecule has 17 heavy (non-hydrogen) atoms. The fraction of sp³-hybridized carbons (Fsp3) is 0.917. The number of ether oxygens (including phenoxy) is 1. The quantitative estimate of drug-likeness (QED) is 0.676. The molecule has 0 saturated carbocycles. The Kier molecular flexibility index (Phi) is 5.36. The highest BCUT2D eigenvalue weighted by Gasteiger charge is 2.34. The average molecular weight is 245 g/mol. The second-order valence-electron chi connectivity index (χ2n) is 5.14. The van der Waals surface area contributed by atoms with Gasteiger partial charge in [0.15, 0.2) is 0 Å². The van der Waals surface area contributed by atoms with Gasteiger partial charge in [-0.3, -0.25) is 4.79 Å². The first-order chi connectivity index (χ1) is 7.98. The third-order valence-corrected chi connectivity index (χ3v) is 2.84. The molecule has 0 spiro atoms. The number of morpholine rings is 1. The molecule has 1 aliphatic heterocycles. The number of aliphatic hydroxyl groups excluding tert-OH is 2. The monoisotopic (exact) mass is 245 g/mol. The van der Waals surface area contributed by atoms with Gasteiger partial charge >= 0.3 is 0 Å². The Hall–Kier alpha value is -0.650. The summed E-state index contributed by atoms with van der Waals surface area (Å²) in [6.45, 7) is 4.91. The Labute approximate surface area is 102 Å². The van der Waals surface area contributed by atoms with Crippen LogP contribution in [0.2, 0.25) is 0 Å². The summed E-state index contributed by atoms with van der Waals surface area (Å²) in [4.78, 5) is 13.7. The van der Waals surface area contributed by atoms with Crippen LogP contribution in [-0.2, 0) is 9.53 Å². The summed E-state index contributed by atoms with van der Waals surface area (Å²) in [6, 6.07) is 0. The summed E-state index contributed by atoms with van der Waals surface area (Å²) < 4.78 is 5.65. The second kappa shape index (κ2) is 6.33. The van der Waals surface area contributed by atoms with Crippen molar-refractivity contribution in [3.8, 4) is 0 Å². The molecule has 0 aromatic heterocycles. The minimum atomic E-state index is -0.404. The van der Waals surface area contributed by atoms with Gasteiger partial charge in [-0.15, -0.1) is 0 Å². The van der Waals surface area contributed by atoms with Crippen molar-refractivity contribution in [2.45, 2.75) is 44.8 Å². The molecule has 1 heterocycles. The number of carbonyl (C=O) groups is 1. The van der Waals surface area contributed by atoms with E-state index < -0.39 is 5.60 Å². The Morgan fingerprint density at radius 3 is 2.71 bits per heavy atom. The predicted octanol–water partition coefficient (Wildman–Crippen LogP) is 0.147. The van der Waals surface area contributed by atoms with E-state index in [4.69, 9.17) is 14.9 Å². The van der Waals surface area contributed by atoms with Crippen molar-refractivity contribution in [3.05, 3.63) is 0 Å². The number of carbonyl (C=O) groups excluding carboxylic acids is 1. The van der Waals surface area contributed by atoms with Gasteiger partial charge in [0.05, 0.1) is 18.3 Å². The van der Waals surface area contributed by atoms with E-state index in [1.807, 2.05) is 13.8 Å². The average Bonchev–Trinajstić information content (AvgIpc) is 2.27. The third-order valence-electron chi connectivity index (χ3n) is 2.84. The van der Waals surface area contributed by atoms with Crippen LogP contribution in [0.25, 0.3) is 0 Å². The largest absolute Gasteiger partial charge is 0.396 e. The zero-order valence-corrected chi connectivity index (χ0v) is 10.7. The number of hydrogen-bond acceptors (Lipinski definition) is 4. The standard InChI is InChI=1S/C12H23NO4/c1-12(2)9-13(7-10(8-15)17-12)11(16)5-3-4-6-14/h10,14-15H,3-9H2,1-2H3. The lowest BCUT2D eigenvalue weighted by Gasteiger charge is -2.42. The van der Waals surface area contributed by atoms with Crippen LogP contribution in [0.3, 0.4) is 0 Å². The fourth-order valence-corrected chi connectivity index (χ4v) is 2.13. The molecule has 100 valence electrons. The number of aliphatic hydroxyl groups is 2. The SMILES string of the molecule is CC1(C)CN(C(=O)CCCCO)CC(CO)O1. The van der Waals surface area contributed by atoms with Gasteiger partial charge in [-0.1, -0.05) is 0 Å². The van der Waals surface area contributed by atoms with Crippen molar-refractivity contribution in [1.29, 1.82) is 0 Å². The number of amides is 1. The van der Waals surface area contributed by atoms with Crippen molar-refractivity contribution >= 4 is 5.91 Å². The van der Waals surface area contributed by atoms with Crippen LogP contribution in [0.15, 0.2) is 0 Å². The normalized spacial score (nSPS) is 23.8. The molecular weight excluding hydrogens is 222 g/mol. The zero-order valence-electron chi connectivity index (χ0n) is 10.7. The molecule has 1 unspecified atom stereocenters. The first-order valence-electron chi connectivity index (χ1n) is 6.16. The molecule has 1 amide bonds. The van der Waals surface area contributed by atoms with E-state index in [0.29, 0.717) is 32.4 Å². The second-order valence-corrected chi connectivity index (χ2v) is 5.14. The number of hydrogen-bond donors (Lipinski definition) is 2. The molecular formula is C12H23NO4. The molecule has 0 aromatic rings. The maximum absolute atomic E-state index is 11.9. The molecule has 0 aromatic carbocycles. The molecule has 0 aliphatic carbocycles. The van der Waals surface area contributed by atoms with Crippen molar-refractivity contribution < 1.29 is 19.7 Å². The summed E-state index contributed by atoms with van der Waals surface area (Å²) in [5.41, 5.74) is -0.404. The van der Waals surface area contributed by atoms with Gasteiger partial charge in [0.2, 0.25) is 5.91 Å². The topological polar surface area (TPSA) is 70.0 Å². The predicted molar refractivity (Wildman–Crippen MR) is 63.6 cm³/mol. The molecule has 2 N–H and O–H groups in total. The van der Waals surface area contributed by atoms with Crippen LogP contribution in [-0.4, -0.2) is 59.0 Å². The molecule has 0 bridgehead atoms. The van der Waals surface area contributed by atoms with E-state index in [1.165, 1.54) is 0 Å². The summed E-state index contributed by atoms with van der Waals surface area (Å²) >= 11 is 0. The van der Waals surface area contributed by atoms with Crippen molar-refractivity contribution in [2.24, 2.45) is 0 Å². The molecule has 1 atom stereocenters. The summed E-state index contributed by atoms with van der Waals surface area (Å²) in [7, 11) is 0. The lowest BCUT2D eigenvalue weighted by atomic mass is 10.0. The van der Waals surface area contributed by atoms with Crippen LogP contribution < -0.4 is 0 Å². The van der Waals surface area contributed by atoms with Crippen molar-refractivity contribution in [2.75, 3.05) is 26.3 Å². The van der Waals surface area contributed by atoms with E-state index in [9.17, 15) is 4.79 Å². The minimum Gasteiger partial charge on any atom is -0.396 e. The molecule has 1 aliphatic rings. The molecule has 1 fully saturated rings. The van der Waals surface area contributed by atoms with Gasteiger partial charge in [-0.2, -0.15) is 0 Å². The Morgan fingerprint density at radius 2 is 2.12 bits per heavy atom. The Balaban J connectivity index is 2.48. The van der Waals surface area contributed by atoms with Crippen molar-refractivity contribution in [3.63, 3.8) is 0 Å². The lowest BCUT2D eigenvalue weighted by molar-refractivity contribution is -0.167. The summed E-state index contributed by atoms with van der Waals surface area (Å²) in [5.74, 6) is 0.0771. The van der Waals surface area contributed by atoms with E-state index >= 15 is 0 Å². The Morgan fingerprint density at radius 1 is 1.41 bits per heavy atom. The molecule has 5 heteroatoms. The van der Waals surface area contributed by atoms with Crippen LogP contribution in [0.4, 0.5) is 0 Å². The zero-order chi connectivity index (χ0) is 12.9. The van der Waals surface area contributed by atoms with Gasteiger partial charge in [-0.05, 0) is 26.7 Å². The minimum absolute atomic E-state index is 0.0656. The smallest absolute Gasteiger partial charge is 0.222 e. The number of nitrogens with zero attached hydrogens (tertiary/aromatic N) is 1. The number of rotatable bonds is 5. The van der Waals surface area contributed by atoms with Gasteiger partial charge in [0.1, 0.15) is 0 Å². The highest BCUT2D eigenvalue weighted by Crippen LogP contribution is 2.21. The van der Waals surface area contributed by atoms with Crippen LogP contribution in [0, 0.1) is 0 Å². The van der Waals surface area contributed by atoms with E-state index in [0.717, 1.165) is 0 Å². The Bertz CT molecular complexity index is 255. The highest BCUT2D eigenvalue weighted by molar-refractivity contribution is 5.76. The molecule has 1 saturated heterocycles. The van der Waals surface area contributed by atoms with Crippen LogP contribution in [0.1, 0.15) is 33.1 Å². The molecule has 1 rings (SSSR count). The van der Waals surface area contributed by atoms with Gasteiger partial charge in [-0.25, -0.2) is 0 Å². The summed E-state index contributed by atoms with van der Waals surface area (Å²) in [5, 5.41) is 17.8. The van der Waals surface area contributed by atoms with Gasteiger partial charge < -0.3 is 19.8 Å².